The van der Waals surface area contributed by atoms with E-state index in [9.17, 15) is 0 Å². The van der Waals surface area contributed by atoms with Crippen molar-refractivity contribution in [1.82, 2.24) is 9.97 Å². The van der Waals surface area contributed by atoms with Crippen LogP contribution in [0.3, 0.4) is 0 Å². The Labute approximate surface area is 90.3 Å². The number of ether oxygens (including phenoxy) is 1. The summed E-state index contributed by atoms with van der Waals surface area (Å²) in [6.07, 6.45) is 0. The van der Waals surface area contributed by atoms with E-state index in [1.165, 1.54) is 0 Å². The van der Waals surface area contributed by atoms with Gasteiger partial charge in [-0.3, -0.25) is 0 Å². The first-order valence-electron chi connectivity index (χ1n) is 4.19. The molecule has 2 rings (SSSR count). The van der Waals surface area contributed by atoms with E-state index < -0.39 is 0 Å². The fourth-order valence-corrected chi connectivity index (χ4v) is 1.75. The minimum Gasteiger partial charge on any atom is -0.480 e. The van der Waals surface area contributed by atoms with E-state index in [0.29, 0.717) is 5.88 Å². The van der Waals surface area contributed by atoms with E-state index in [4.69, 9.17) is 4.74 Å². The summed E-state index contributed by atoms with van der Waals surface area (Å²) in [6, 6.07) is 5.80. The van der Waals surface area contributed by atoms with Crippen LogP contribution in [0, 0.1) is 6.92 Å². The molecule has 0 atom stereocenters. The average molecular weight is 253 g/mol. The maximum atomic E-state index is 5.11. The van der Waals surface area contributed by atoms with Crippen molar-refractivity contribution in [3.63, 3.8) is 0 Å². The topological polar surface area (TPSA) is 35.0 Å². The van der Waals surface area contributed by atoms with Gasteiger partial charge in [-0.15, -0.1) is 0 Å². The van der Waals surface area contributed by atoms with Gasteiger partial charge in [-0.1, -0.05) is 6.07 Å². The molecule has 0 fully saturated rings. The van der Waals surface area contributed by atoms with Gasteiger partial charge in [0.1, 0.15) is 11.2 Å². The van der Waals surface area contributed by atoms with Crippen LogP contribution in [0.5, 0.6) is 5.88 Å². The SMILES string of the molecule is COc1nc2c(Br)cccc2nc1C. The zero-order valence-corrected chi connectivity index (χ0v) is 9.50. The van der Waals surface area contributed by atoms with Crippen molar-refractivity contribution in [1.29, 1.82) is 0 Å². The summed E-state index contributed by atoms with van der Waals surface area (Å²) in [7, 11) is 1.60. The number of hydrogen-bond donors (Lipinski definition) is 0. The Morgan fingerprint density at radius 3 is 2.79 bits per heavy atom. The van der Waals surface area contributed by atoms with E-state index in [0.717, 1.165) is 21.2 Å². The lowest BCUT2D eigenvalue weighted by molar-refractivity contribution is 0.394. The summed E-state index contributed by atoms with van der Waals surface area (Å²) in [5.74, 6) is 0.574. The van der Waals surface area contributed by atoms with Gasteiger partial charge in [-0.05, 0) is 35.0 Å². The number of methoxy groups -OCH3 is 1. The molecule has 0 N–H and O–H groups in total. The van der Waals surface area contributed by atoms with Crippen molar-refractivity contribution < 1.29 is 4.74 Å². The number of nitrogens with zero attached hydrogens (tertiary/aromatic N) is 2. The van der Waals surface area contributed by atoms with Crippen LogP contribution in [0.25, 0.3) is 11.0 Å². The number of halogens is 1. The molecule has 0 aliphatic carbocycles. The maximum Gasteiger partial charge on any atom is 0.235 e. The molecule has 2 aromatic rings. The van der Waals surface area contributed by atoms with Gasteiger partial charge in [-0.2, -0.15) is 0 Å². The molecule has 0 spiro atoms. The van der Waals surface area contributed by atoms with Gasteiger partial charge in [0, 0.05) is 4.47 Å². The number of rotatable bonds is 1. The molecule has 3 nitrogen and oxygen atoms in total. The standard InChI is InChI=1S/C10H9BrN2O/c1-6-10(14-2)13-9-7(11)4-3-5-8(9)12-6/h3-5H,1-2H3. The molecular weight excluding hydrogens is 244 g/mol. The summed E-state index contributed by atoms with van der Waals surface area (Å²) in [4.78, 5) is 8.75. The third-order valence-corrected chi connectivity index (χ3v) is 2.61. The molecule has 14 heavy (non-hydrogen) atoms. The molecule has 1 aromatic heterocycles. The first kappa shape index (κ1) is 9.40. The van der Waals surface area contributed by atoms with Gasteiger partial charge in [0.2, 0.25) is 5.88 Å². The lowest BCUT2D eigenvalue weighted by Gasteiger charge is -2.05. The molecule has 0 aliphatic rings. The Kier molecular flexibility index (Phi) is 2.37. The number of benzene rings is 1. The summed E-state index contributed by atoms with van der Waals surface area (Å²) in [5.41, 5.74) is 2.51. The Balaban J connectivity index is 2.80. The number of aromatic nitrogens is 2. The van der Waals surface area contributed by atoms with Crippen molar-refractivity contribution in [2.45, 2.75) is 6.92 Å². The molecule has 0 amide bonds. The maximum absolute atomic E-state index is 5.11. The number of hydrogen-bond acceptors (Lipinski definition) is 3. The number of para-hydroxylation sites is 1. The van der Waals surface area contributed by atoms with Crippen LogP contribution in [0.4, 0.5) is 0 Å². The molecule has 1 heterocycles. The quantitative estimate of drug-likeness (QED) is 0.783. The molecule has 0 saturated heterocycles. The van der Waals surface area contributed by atoms with Crippen molar-refractivity contribution >= 4 is 27.0 Å². The Hall–Kier alpha value is -1.16. The van der Waals surface area contributed by atoms with Crippen molar-refractivity contribution in [3.05, 3.63) is 28.4 Å². The van der Waals surface area contributed by atoms with Crippen LogP contribution in [-0.4, -0.2) is 17.1 Å². The van der Waals surface area contributed by atoms with E-state index in [-0.39, 0.29) is 0 Å². The highest BCUT2D eigenvalue weighted by Gasteiger charge is 2.06. The van der Waals surface area contributed by atoms with Gasteiger partial charge < -0.3 is 4.74 Å². The third kappa shape index (κ3) is 1.46. The van der Waals surface area contributed by atoms with E-state index in [2.05, 4.69) is 25.9 Å². The van der Waals surface area contributed by atoms with E-state index in [1.54, 1.807) is 7.11 Å². The molecule has 1 aromatic carbocycles. The predicted octanol–water partition coefficient (Wildman–Crippen LogP) is 2.71. The molecule has 0 unspecified atom stereocenters. The monoisotopic (exact) mass is 252 g/mol. The van der Waals surface area contributed by atoms with Gasteiger partial charge in [0.25, 0.3) is 0 Å². The minimum absolute atomic E-state index is 0.574. The Morgan fingerprint density at radius 2 is 2.07 bits per heavy atom. The molecule has 72 valence electrons. The van der Waals surface area contributed by atoms with Crippen LogP contribution >= 0.6 is 15.9 Å². The first-order chi connectivity index (χ1) is 6.72. The highest BCUT2D eigenvalue weighted by atomic mass is 79.9. The van der Waals surface area contributed by atoms with Crippen LogP contribution in [0.1, 0.15) is 5.69 Å². The second-order valence-electron chi connectivity index (χ2n) is 2.93. The fourth-order valence-electron chi connectivity index (χ4n) is 1.31. The van der Waals surface area contributed by atoms with Crippen molar-refractivity contribution in [2.24, 2.45) is 0 Å². The van der Waals surface area contributed by atoms with Crippen LogP contribution in [0.2, 0.25) is 0 Å². The molecule has 0 saturated carbocycles. The lowest BCUT2D eigenvalue weighted by atomic mass is 10.3. The van der Waals surface area contributed by atoms with Gasteiger partial charge >= 0.3 is 0 Å². The average Bonchev–Trinajstić information content (AvgIpc) is 2.17. The first-order valence-corrected chi connectivity index (χ1v) is 4.98. The fraction of sp³-hybridized carbons (Fsp3) is 0.200. The van der Waals surface area contributed by atoms with Crippen LogP contribution < -0.4 is 4.74 Å². The summed E-state index contributed by atoms with van der Waals surface area (Å²) in [6.45, 7) is 1.88. The normalized spacial score (nSPS) is 10.5. The minimum atomic E-state index is 0.574. The van der Waals surface area contributed by atoms with Crippen LogP contribution in [0.15, 0.2) is 22.7 Å². The second-order valence-corrected chi connectivity index (χ2v) is 3.78. The molecule has 0 radical (unpaired) electrons. The lowest BCUT2D eigenvalue weighted by Crippen LogP contribution is -1.95. The largest absolute Gasteiger partial charge is 0.480 e. The number of aryl methyl sites for hydroxylation is 1. The summed E-state index contributed by atoms with van der Waals surface area (Å²) >= 11 is 3.43. The summed E-state index contributed by atoms with van der Waals surface area (Å²) in [5, 5.41) is 0. The second kappa shape index (κ2) is 3.53. The zero-order valence-electron chi connectivity index (χ0n) is 7.91. The third-order valence-electron chi connectivity index (χ3n) is 1.97. The molecular formula is C10H9BrN2O. The highest BCUT2D eigenvalue weighted by molar-refractivity contribution is 9.10. The zero-order chi connectivity index (χ0) is 10.1. The Bertz CT molecular complexity index is 485. The van der Waals surface area contributed by atoms with E-state index in [1.807, 2.05) is 25.1 Å². The molecule has 0 bridgehead atoms. The smallest absolute Gasteiger partial charge is 0.235 e. The van der Waals surface area contributed by atoms with Gasteiger partial charge in [0.05, 0.1) is 12.6 Å². The summed E-state index contributed by atoms with van der Waals surface area (Å²) < 4.78 is 6.04. The Morgan fingerprint density at radius 1 is 1.29 bits per heavy atom. The highest BCUT2D eigenvalue weighted by Crippen LogP contribution is 2.24. The molecule has 0 aliphatic heterocycles. The van der Waals surface area contributed by atoms with Crippen molar-refractivity contribution in [3.8, 4) is 5.88 Å². The van der Waals surface area contributed by atoms with Crippen LogP contribution in [-0.2, 0) is 0 Å². The predicted molar refractivity (Wildman–Crippen MR) is 58.5 cm³/mol. The number of fused-ring (bicyclic) bond motifs is 1. The van der Waals surface area contributed by atoms with Gasteiger partial charge in [-0.25, -0.2) is 9.97 Å². The van der Waals surface area contributed by atoms with E-state index >= 15 is 0 Å². The van der Waals surface area contributed by atoms with Crippen molar-refractivity contribution in [2.75, 3.05) is 7.11 Å². The van der Waals surface area contributed by atoms with Gasteiger partial charge in [0.15, 0.2) is 0 Å². The molecule has 4 heteroatoms.